The van der Waals surface area contributed by atoms with Crippen molar-refractivity contribution in [2.24, 2.45) is 0 Å². The lowest BCUT2D eigenvalue weighted by atomic mass is 10.1. The SMILES string of the molecule is O=S(=O)(Nc1ccc(-c2ccccc2)cn1)c1cccs1. The van der Waals surface area contributed by atoms with Gasteiger partial charge in [-0.1, -0.05) is 36.4 Å². The molecule has 0 radical (unpaired) electrons. The van der Waals surface area contributed by atoms with Gasteiger partial charge in [0.1, 0.15) is 10.0 Å². The van der Waals surface area contributed by atoms with Crippen LogP contribution in [0.4, 0.5) is 5.82 Å². The predicted molar refractivity (Wildman–Crippen MR) is 84.8 cm³/mol. The van der Waals surface area contributed by atoms with Crippen molar-refractivity contribution in [3.8, 4) is 11.1 Å². The van der Waals surface area contributed by atoms with Gasteiger partial charge in [0, 0.05) is 11.8 Å². The number of hydrogen-bond donors (Lipinski definition) is 1. The first-order valence-electron chi connectivity index (χ1n) is 6.23. The fourth-order valence-electron chi connectivity index (χ4n) is 1.86. The van der Waals surface area contributed by atoms with E-state index in [9.17, 15) is 8.42 Å². The predicted octanol–water partition coefficient (Wildman–Crippen LogP) is 3.61. The Morgan fingerprint density at radius 3 is 2.33 bits per heavy atom. The summed E-state index contributed by atoms with van der Waals surface area (Å²) < 4.78 is 26.9. The van der Waals surface area contributed by atoms with Gasteiger partial charge < -0.3 is 0 Å². The number of hydrogen-bond acceptors (Lipinski definition) is 4. The summed E-state index contributed by atoms with van der Waals surface area (Å²) >= 11 is 1.17. The molecule has 2 aromatic heterocycles. The summed E-state index contributed by atoms with van der Waals surface area (Å²) in [4.78, 5) is 4.16. The minimum Gasteiger partial charge on any atom is -0.263 e. The Balaban J connectivity index is 1.83. The van der Waals surface area contributed by atoms with E-state index >= 15 is 0 Å². The van der Waals surface area contributed by atoms with Gasteiger partial charge in [-0.05, 0) is 29.1 Å². The van der Waals surface area contributed by atoms with Crippen molar-refractivity contribution in [3.63, 3.8) is 0 Å². The molecule has 0 spiro atoms. The molecule has 0 unspecified atom stereocenters. The molecule has 3 rings (SSSR count). The lowest BCUT2D eigenvalue weighted by Gasteiger charge is -2.06. The summed E-state index contributed by atoms with van der Waals surface area (Å²) in [5.74, 6) is 0.308. The number of aromatic nitrogens is 1. The van der Waals surface area contributed by atoms with E-state index < -0.39 is 10.0 Å². The molecule has 0 aliphatic rings. The van der Waals surface area contributed by atoms with Gasteiger partial charge in [0.2, 0.25) is 0 Å². The topological polar surface area (TPSA) is 59.1 Å². The summed E-state index contributed by atoms with van der Waals surface area (Å²) in [6, 6.07) is 16.6. The summed E-state index contributed by atoms with van der Waals surface area (Å²) in [6.07, 6.45) is 1.65. The van der Waals surface area contributed by atoms with Crippen molar-refractivity contribution in [2.45, 2.75) is 4.21 Å². The van der Waals surface area contributed by atoms with Gasteiger partial charge in [-0.25, -0.2) is 13.4 Å². The monoisotopic (exact) mass is 316 g/mol. The molecule has 0 saturated carbocycles. The Hall–Kier alpha value is -2.18. The highest BCUT2D eigenvalue weighted by Crippen LogP contribution is 2.22. The van der Waals surface area contributed by atoms with Crippen molar-refractivity contribution in [1.29, 1.82) is 0 Å². The Bertz CT molecular complexity index is 812. The molecule has 0 aliphatic carbocycles. The standard InChI is InChI=1S/C15H12N2O2S2/c18-21(19,15-7-4-10-20-15)17-14-9-8-13(11-16-14)12-5-2-1-3-6-12/h1-11H,(H,16,17). The molecule has 1 N–H and O–H groups in total. The Labute approximate surface area is 127 Å². The summed E-state index contributed by atoms with van der Waals surface area (Å²) in [5, 5.41) is 1.72. The molecule has 0 bridgehead atoms. The Morgan fingerprint density at radius 1 is 0.905 bits per heavy atom. The fourth-order valence-corrected chi connectivity index (χ4v) is 3.86. The van der Waals surface area contributed by atoms with Gasteiger partial charge in [0.05, 0.1) is 0 Å². The Kier molecular flexibility index (Phi) is 3.72. The number of rotatable bonds is 4. The second-order valence-electron chi connectivity index (χ2n) is 4.34. The highest BCUT2D eigenvalue weighted by Gasteiger charge is 2.15. The molecule has 0 saturated heterocycles. The number of nitrogens with one attached hydrogen (secondary N) is 1. The Morgan fingerprint density at radius 2 is 1.71 bits per heavy atom. The first-order chi connectivity index (χ1) is 10.1. The molecular weight excluding hydrogens is 304 g/mol. The molecule has 106 valence electrons. The lowest BCUT2D eigenvalue weighted by Crippen LogP contribution is -2.12. The van der Waals surface area contributed by atoms with Crippen molar-refractivity contribution in [1.82, 2.24) is 4.98 Å². The highest BCUT2D eigenvalue weighted by atomic mass is 32.2. The van der Waals surface area contributed by atoms with Gasteiger partial charge in [0.25, 0.3) is 10.0 Å². The van der Waals surface area contributed by atoms with Crippen molar-refractivity contribution < 1.29 is 8.42 Å². The van der Waals surface area contributed by atoms with Crippen LogP contribution < -0.4 is 4.72 Å². The molecule has 6 heteroatoms. The van der Waals surface area contributed by atoms with Crippen LogP contribution in [0.2, 0.25) is 0 Å². The molecule has 21 heavy (non-hydrogen) atoms. The maximum atomic E-state index is 12.1. The van der Waals surface area contributed by atoms with E-state index in [0.29, 0.717) is 5.82 Å². The normalized spacial score (nSPS) is 11.2. The number of nitrogens with zero attached hydrogens (tertiary/aromatic N) is 1. The number of thiophene rings is 1. The molecule has 1 aromatic carbocycles. The largest absolute Gasteiger partial charge is 0.272 e. The molecule has 0 aliphatic heterocycles. The van der Waals surface area contributed by atoms with Gasteiger partial charge in [-0.15, -0.1) is 11.3 Å². The van der Waals surface area contributed by atoms with Gasteiger partial charge in [-0.2, -0.15) is 0 Å². The van der Waals surface area contributed by atoms with E-state index in [2.05, 4.69) is 9.71 Å². The van der Waals surface area contributed by atoms with Gasteiger partial charge >= 0.3 is 0 Å². The van der Waals surface area contributed by atoms with Crippen molar-refractivity contribution in [3.05, 3.63) is 66.2 Å². The number of pyridine rings is 1. The third kappa shape index (κ3) is 3.12. The lowest BCUT2D eigenvalue weighted by molar-refractivity contribution is 0.603. The third-order valence-electron chi connectivity index (χ3n) is 2.87. The number of anilines is 1. The second kappa shape index (κ2) is 5.67. The van der Waals surface area contributed by atoms with E-state index in [-0.39, 0.29) is 4.21 Å². The van der Waals surface area contributed by atoms with Crippen LogP contribution in [0.25, 0.3) is 11.1 Å². The average Bonchev–Trinajstić information content (AvgIpc) is 3.04. The molecule has 4 nitrogen and oxygen atoms in total. The first-order valence-corrected chi connectivity index (χ1v) is 8.59. The fraction of sp³-hybridized carbons (Fsp3) is 0. The van der Waals surface area contributed by atoms with Crippen LogP contribution in [-0.4, -0.2) is 13.4 Å². The maximum absolute atomic E-state index is 12.1. The van der Waals surface area contributed by atoms with Gasteiger partial charge in [0.15, 0.2) is 0 Å². The number of sulfonamides is 1. The summed E-state index contributed by atoms with van der Waals surface area (Å²) in [6.45, 7) is 0. The van der Waals surface area contributed by atoms with E-state index in [4.69, 9.17) is 0 Å². The molecule has 0 fully saturated rings. The van der Waals surface area contributed by atoms with Crippen LogP contribution in [0.3, 0.4) is 0 Å². The van der Waals surface area contributed by atoms with Gasteiger partial charge in [-0.3, -0.25) is 4.72 Å². The van der Waals surface area contributed by atoms with Crippen LogP contribution >= 0.6 is 11.3 Å². The van der Waals surface area contributed by atoms with E-state index in [1.807, 2.05) is 36.4 Å². The summed E-state index contributed by atoms with van der Waals surface area (Å²) in [5.41, 5.74) is 1.98. The zero-order valence-electron chi connectivity index (χ0n) is 10.9. The zero-order valence-corrected chi connectivity index (χ0v) is 12.6. The van der Waals surface area contributed by atoms with Crippen LogP contribution in [0.15, 0.2) is 70.4 Å². The van der Waals surface area contributed by atoms with E-state index in [1.165, 1.54) is 11.3 Å². The van der Waals surface area contributed by atoms with Crippen LogP contribution in [0.1, 0.15) is 0 Å². The van der Waals surface area contributed by atoms with Crippen LogP contribution in [-0.2, 0) is 10.0 Å². The highest BCUT2D eigenvalue weighted by molar-refractivity contribution is 7.94. The molecule has 3 aromatic rings. The molecular formula is C15H12N2O2S2. The quantitative estimate of drug-likeness (QED) is 0.800. The number of benzene rings is 1. The minimum absolute atomic E-state index is 0.274. The van der Waals surface area contributed by atoms with Crippen LogP contribution in [0, 0.1) is 0 Å². The van der Waals surface area contributed by atoms with Crippen molar-refractivity contribution in [2.75, 3.05) is 4.72 Å². The average molecular weight is 316 g/mol. The smallest absolute Gasteiger partial charge is 0.263 e. The van der Waals surface area contributed by atoms with E-state index in [1.54, 1.807) is 29.8 Å². The molecule has 2 heterocycles. The third-order valence-corrected chi connectivity index (χ3v) is 5.62. The zero-order chi connectivity index (χ0) is 14.7. The molecule has 0 amide bonds. The van der Waals surface area contributed by atoms with E-state index in [0.717, 1.165) is 11.1 Å². The maximum Gasteiger partial charge on any atom is 0.272 e. The minimum atomic E-state index is -3.54. The second-order valence-corrected chi connectivity index (χ2v) is 7.19. The van der Waals surface area contributed by atoms with Crippen molar-refractivity contribution >= 4 is 27.2 Å². The van der Waals surface area contributed by atoms with Crippen LogP contribution in [0.5, 0.6) is 0 Å². The molecule has 0 atom stereocenters. The summed E-state index contributed by atoms with van der Waals surface area (Å²) in [7, 11) is -3.54. The first kappa shape index (κ1) is 13.8.